The molecule has 0 heterocycles. The molecule has 36 heavy (non-hydrogen) atoms. The van der Waals surface area contributed by atoms with Crippen LogP contribution < -0.4 is 14.1 Å². The van der Waals surface area contributed by atoms with Crippen molar-refractivity contribution < 1.29 is 45.1 Å². The van der Waals surface area contributed by atoms with Gasteiger partial charge in [0.2, 0.25) is 34.8 Å². The van der Waals surface area contributed by atoms with E-state index in [2.05, 4.69) is 21.0 Å². The lowest BCUT2D eigenvalue weighted by Crippen LogP contribution is -2.40. The average Bonchev–Trinajstić information content (AvgIpc) is 2.80. The van der Waals surface area contributed by atoms with Gasteiger partial charge in [0.05, 0.1) is 6.10 Å². The molecule has 0 bridgehead atoms. The third-order valence-corrected chi connectivity index (χ3v) is 6.77. The molecular weight excluding hydrogens is 576 g/mol. The molecule has 0 fully saturated rings. The molecule has 0 spiro atoms. The number of esters is 1. The van der Waals surface area contributed by atoms with Crippen LogP contribution in [0, 0.1) is 35.0 Å². The number of hydrogen-bond donors (Lipinski definition) is 1. The minimum Gasteiger partial charge on any atom is -0.462 e. The predicted molar refractivity (Wildman–Crippen MR) is 126 cm³/mol. The zero-order valence-corrected chi connectivity index (χ0v) is 22.4. The van der Waals surface area contributed by atoms with Crippen LogP contribution in [0.4, 0.5) is 22.0 Å². The first-order chi connectivity index (χ1) is 16.8. The van der Waals surface area contributed by atoms with Gasteiger partial charge in [-0.15, -0.1) is 0 Å². The number of halogens is 6. The van der Waals surface area contributed by atoms with Crippen LogP contribution >= 0.6 is 23.7 Å². The smallest absolute Gasteiger partial charge is 0.462 e. The van der Waals surface area contributed by atoms with Gasteiger partial charge in [-0.05, 0) is 49.9 Å². The van der Waals surface area contributed by atoms with Crippen molar-refractivity contribution in [1.29, 1.82) is 0 Å². The van der Waals surface area contributed by atoms with E-state index in [1.54, 1.807) is 20.8 Å². The van der Waals surface area contributed by atoms with Crippen LogP contribution in [0.2, 0.25) is 0 Å². The maximum Gasteiger partial charge on any atom is 0.513 e. The summed E-state index contributed by atoms with van der Waals surface area (Å²) >= 11 is 3.19. The Morgan fingerprint density at radius 2 is 1.47 bits per heavy atom. The van der Waals surface area contributed by atoms with E-state index in [4.69, 9.17) is 13.8 Å². The van der Waals surface area contributed by atoms with Gasteiger partial charge in [0, 0.05) is 4.47 Å². The van der Waals surface area contributed by atoms with Gasteiger partial charge in [0.25, 0.3) is 0 Å². The SMILES string of the molecule is CCCC(C)OC(=O)C(CC(C)C)N[P@](=O)(Oc1ccc(Br)cc1)Oc1c(F)c(F)c(F)c(F)c1F. The number of hydrogen-bond acceptors (Lipinski definition) is 5. The van der Waals surface area contributed by atoms with E-state index in [0.29, 0.717) is 17.3 Å². The fourth-order valence-electron chi connectivity index (χ4n) is 3.10. The van der Waals surface area contributed by atoms with Crippen LogP contribution in [0.1, 0.15) is 47.0 Å². The standard InChI is InChI=1S/C23H26BrF5NO5P/c1-5-6-13(4)33-23(31)16(11-12(2)3)30-36(32,34-15-9-7-14(24)8-10-15)35-22-20(28)18(26)17(25)19(27)21(22)29/h7-10,12-13,16H,5-6,11H2,1-4H3,(H,30,32)/t13?,16?,36-/m0/s1. The number of ether oxygens (including phenoxy) is 1. The Balaban J connectivity index is 2.52. The highest BCUT2D eigenvalue weighted by molar-refractivity contribution is 9.10. The number of benzene rings is 2. The molecule has 2 rings (SSSR count). The summed E-state index contributed by atoms with van der Waals surface area (Å²) in [5.41, 5.74) is 0. The third-order valence-electron chi connectivity index (χ3n) is 4.74. The first-order valence-electron chi connectivity index (χ1n) is 11.0. The lowest BCUT2D eigenvalue weighted by Gasteiger charge is -2.27. The molecule has 2 aromatic rings. The minimum absolute atomic E-state index is 0.0197. The molecule has 0 amide bonds. The molecule has 2 unspecified atom stereocenters. The van der Waals surface area contributed by atoms with E-state index < -0.39 is 60.7 Å². The number of rotatable bonds is 12. The van der Waals surface area contributed by atoms with Crippen molar-refractivity contribution >= 4 is 29.6 Å². The molecule has 1 N–H and O–H groups in total. The molecule has 0 aliphatic rings. The summed E-state index contributed by atoms with van der Waals surface area (Å²) in [6, 6.07) is 4.19. The quantitative estimate of drug-likeness (QED) is 0.0895. The van der Waals surface area contributed by atoms with Gasteiger partial charge in [-0.3, -0.25) is 4.79 Å². The lowest BCUT2D eigenvalue weighted by molar-refractivity contribution is -0.151. The fraction of sp³-hybridized carbons (Fsp3) is 0.435. The highest BCUT2D eigenvalue weighted by Crippen LogP contribution is 2.48. The zero-order valence-electron chi connectivity index (χ0n) is 19.9. The maximum atomic E-state index is 14.3. The van der Waals surface area contributed by atoms with E-state index in [1.165, 1.54) is 24.3 Å². The summed E-state index contributed by atoms with van der Waals surface area (Å²) in [5, 5.41) is 2.28. The van der Waals surface area contributed by atoms with Crippen molar-refractivity contribution in [2.75, 3.05) is 0 Å². The van der Waals surface area contributed by atoms with Crippen LogP contribution in [0.15, 0.2) is 28.7 Å². The molecule has 200 valence electrons. The second-order valence-electron chi connectivity index (χ2n) is 8.38. The number of nitrogens with one attached hydrogen (secondary N) is 1. The Bertz CT molecular complexity index is 1090. The third kappa shape index (κ3) is 7.91. The normalized spacial score (nSPS) is 14.8. The van der Waals surface area contributed by atoms with E-state index in [1.807, 2.05) is 6.92 Å². The van der Waals surface area contributed by atoms with Crippen molar-refractivity contribution in [2.24, 2.45) is 5.92 Å². The minimum atomic E-state index is -5.01. The molecule has 0 radical (unpaired) electrons. The molecular formula is C23H26BrF5NO5P. The monoisotopic (exact) mass is 601 g/mol. The predicted octanol–water partition coefficient (Wildman–Crippen LogP) is 7.45. The van der Waals surface area contributed by atoms with Crippen molar-refractivity contribution in [2.45, 2.75) is 59.1 Å². The number of carbonyl (C=O) groups is 1. The summed E-state index contributed by atoms with van der Waals surface area (Å²) in [6.45, 7) is 7.01. The van der Waals surface area contributed by atoms with Crippen LogP contribution in [0.3, 0.4) is 0 Å². The van der Waals surface area contributed by atoms with Crippen molar-refractivity contribution in [1.82, 2.24) is 5.09 Å². The van der Waals surface area contributed by atoms with Gasteiger partial charge < -0.3 is 13.8 Å². The lowest BCUT2D eigenvalue weighted by atomic mass is 10.0. The second kappa shape index (κ2) is 12.9. The Morgan fingerprint density at radius 3 is 1.97 bits per heavy atom. The molecule has 0 saturated heterocycles. The summed E-state index contributed by atoms with van der Waals surface area (Å²) in [7, 11) is -5.01. The van der Waals surface area contributed by atoms with Gasteiger partial charge in [0.1, 0.15) is 11.8 Å². The fourth-order valence-corrected chi connectivity index (χ4v) is 4.90. The largest absolute Gasteiger partial charge is 0.513 e. The Hall–Kier alpha value is -2.17. The summed E-state index contributed by atoms with van der Waals surface area (Å²) in [5.74, 6) is -14.7. The first-order valence-corrected chi connectivity index (χ1v) is 13.4. The van der Waals surface area contributed by atoms with E-state index in [-0.39, 0.29) is 18.1 Å². The first kappa shape index (κ1) is 30.1. The summed E-state index contributed by atoms with van der Waals surface area (Å²) in [6.07, 6.45) is 0.771. The molecule has 0 aromatic heterocycles. The van der Waals surface area contributed by atoms with Crippen molar-refractivity contribution in [3.05, 3.63) is 57.8 Å². The Kier molecular flexibility index (Phi) is 10.7. The molecule has 0 saturated carbocycles. The van der Waals surface area contributed by atoms with Gasteiger partial charge in [-0.25, -0.2) is 17.7 Å². The van der Waals surface area contributed by atoms with E-state index >= 15 is 0 Å². The molecule has 2 aromatic carbocycles. The van der Waals surface area contributed by atoms with Crippen LogP contribution in [-0.2, 0) is 14.1 Å². The molecule has 0 aliphatic carbocycles. The second-order valence-corrected chi connectivity index (χ2v) is 10.9. The van der Waals surface area contributed by atoms with Crippen molar-refractivity contribution in [3.8, 4) is 11.5 Å². The van der Waals surface area contributed by atoms with Gasteiger partial charge in [-0.1, -0.05) is 43.1 Å². The topological polar surface area (TPSA) is 73.9 Å². The molecule has 13 heteroatoms. The van der Waals surface area contributed by atoms with Crippen LogP contribution in [0.25, 0.3) is 0 Å². The number of carbonyl (C=O) groups excluding carboxylic acids is 1. The molecule has 3 atom stereocenters. The summed E-state index contributed by atoms with van der Waals surface area (Å²) < 4.78 is 99.5. The Labute approximate surface area is 214 Å². The summed E-state index contributed by atoms with van der Waals surface area (Å²) in [4.78, 5) is 12.8. The van der Waals surface area contributed by atoms with Crippen LogP contribution in [-0.4, -0.2) is 18.1 Å². The maximum absolute atomic E-state index is 14.3. The zero-order chi connectivity index (χ0) is 27.2. The highest BCUT2D eigenvalue weighted by Gasteiger charge is 2.40. The van der Waals surface area contributed by atoms with E-state index in [0.717, 1.165) is 0 Å². The molecule has 6 nitrogen and oxygen atoms in total. The van der Waals surface area contributed by atoms with Gasteiger partial charge >= 0.3 is 13.7 Å². The van der Waals surface area contributed by atoms with E-state index in [9.17, 15) is 31.3 Å². The highest BCUT2D eigenvalue weighted by atomic mass is 79.9. The average molecular weight is 602 g/mol. The van der Waals surface area contributed by atoms with Gasteiger partial charge in [0.15, 0.2) is 0 Å². The van der Waals surface area contributed by atoms with Crippen LogP contribution in [0.5, 0.6) is 11.5 Å². The van der Waals surface area contributed by atoms with Crippen molar-refractivity contribution in [3.63, 3.8) is 0 Å². The molecule has 0 aliphatic heterocycles. The van der Waals surface area contributed by atoms with Gasteiger partial charge in [-0.2, -0.15) is 13.9 Å². The Morgan fingerprint density at radius 1 is 0.944 bits per heavy atom.